The van der Waals surface area contributed by atoms with E-state index in [0.29, 0.717) is 11.8 Å². The van der Waals surface area contributed by atoms with Crippen molar-refractivity contribution >= 4 is 12.0 Å². The predicted octanol–water partition coefficient (Wildman–Crippen LogP) is 2.61. The molecule has 1 saturated heterocycles. The molecule has 2 aliphatic rings. The van der Waals surface area contributed by atoms with Gasteiger partial charge < -0.3 is 15.3 Å². The second kappa shape index (κ2) is 6.46. The van der Waals surface area contributed by atoms with Crippen LogP contribution in [-0.4, -0.2) is 41.1 Å². The molecule has 20 heavy (non-hydrogen) atoms. The summed E-state index contributed by atoms with van der Waals surface area (Å²) in [6, 6.07) is -0.988. The summed E-state index contributed by atoms with van der Waals surface area (Å²) in [5, 5.41) is 11.6. The number of carboxylic acid groups (broad SMARTS) is 1. The summed E-state index contributed by atoms with van der Waals surface area (Å²) >= 11 is 0. The van der Waals surface area contributed by atoms with Gasteiger partial charge in [0, 0.05) is 13.1 Å². The molecule has 1 aliphatic carbocycles. The summed E-state index contributed by atoms with van der Waals surface area (Å²) in [6.07, 6.45) is 9.16. The van der Waals surface area contributed by atoms with E-state index in [9.17, 15) is 9.59 Å². The van der Waals surface area contributed by atoms with Gasteiger partial charge in [0.25, 0.3) is 0 Å². The standard InChI is InChI=1S/C15H26N2O3/c1-2-12(13(18)19)16-14(20)17-10-8-15(9-11-17)6-4-3-5-7-15/h12H,2-11H2,1H3,(H,16,20)(H,18,19)/t12-/m0/s1. The highest BCUT2D eigenvalue weighted by Crippen LogP contribution is 2.44. The Morgan fingerprint density at radius 3 is 2.25 bits per heavy atom. The fourth-order valence-electron chi connectivity index (χ4n) is 3.56. The number of aliphatic carboxylic acids is 1. The third-order valence-electron chi connectivity index (χ3n) is 5.03. The van der Waals surface area contributed by atoms with Gasteiger partial charge in [-0.15, -0.1) is 0 Å². The van der Waals surface area contributed by atoms with Crippen LogP contribution in [0.5, 0.6) is 0 Å². The van der Waals surface area contributed by atoms with Crippen molar-refractivity contribution in [3.8, 4) is 0 Å². The van der Waals surface area contributed by atoms with Crippen molar-refractivity contribution in [1.82, 2.24) is 10.2 Å². The van der Waals surface area contributed by atoms with E-state index in [1.165, 1.54) is 32.1 Å². The first-order valence-corrected chi connectivity index (χ1v) is 7.84. The molecule has 0 radical (unpaired) electrons. The average molecular weight is 282 g/mol. The summed E-state index contributed by atoms with van der Waals surface area (Å²) in [5.41, 5.74) is 0.464. The smallest absolute Gasteiger partial charge is 0.326 e. The minimum atomic E-state index is -0.957. The number of nitrogens with zero attached hydrogens (tertiary/aromatic N) is 1. The predicted molar refractivity (Wildman–Crippen MR) is 76.6 cm³/mol. The Morgan fingerprint density at radius 1 is 1.15 bits per heavy atom. The largest absolute Gasteiger partial charge is 0.480 e. The molecule has 0 aromatic rings. The average Bonchev–Trinajstić information content (AvgIpc) is 2.46. The van der Waals surface area contributed by atoms with E-state index in [0.717, 1.165) is 25.9 Å². The second-order valence-corrected chi connectivity index (χ2v) is 6.30. The van der Waals surface area contributed by atoms with Gasteiger partial charge in [0.1, 0.15) is 6.04 Å². The molecule has 2 fully saturated rings. The lowest BCUT2D eigenvalue weighted by Gasteiger charge is -2.44. The van der Waals surface area contributed by atoms with Crippen LogP contribution >= 0.6 is 0 Å². The number of hydrogen-bond donors (Lipinski definition) is 2. The van der Waals surface area contributed by atoms with Gasteiger partial charge in [-0.25, -0.2) is 9.59 Å². The van der Waals surface area contributed by atoms with Gasteiger partial charge in [-0.2, -0.15) is 0 Å². The quantitative estimate of drug-likeness (QED) is 0.836. The molecule has 1 atom stereocenters. The van der Waals surface area contributed by atoms with E-state index in [-0.39, 0.29) is 6.03 Å². The van der Waals surface area contributed by atoms with Crippen LogP contribution in [0.15, 0.2) is 0 Å². The lowest BCUT2D eigenvalue weighted by atomic mass is 9.68. The maximum absolute atomic E-state index is 12.1. The molecule has 0 unspecified atom stereocenters. The number of hydrogen-bond acceptors (Lipinski definition) is 2. The van der Waals surface area contributed by atoms with Crippen molar-refractivity contribution < 1.29 is 14.7 Å². The van der Waals surface area contributed by atoms with Gasteiger partial charge in [0.05, 0.1) is 0 Å². The van der Waals surface area contributed by atoms with Crippen LogP contribution in [-0.2, 0) is 4.79 Å². The number of amides is 2. The molecule has 114 valence electrons. The minimum absolute atomic E-state index is 0.218. The number of carbonyl (C=O) groups excluding carboxylic acids is 1. The fraction of sp³-hybridized carbons (Fsp3) is 0.867. The Balaban J connectivity index is 1.83. The van der Waals surface area contributed by atoms with Crippen LogP contribution in [0, 0.1) is 5.41 Å². The highest BCUT2D eigenvalue weighted by atomic mass is 16.4. The third kappa shape index (κ3) is 3.44. The number of carbonyl (C=O) groups is 2. The van der Waals surface area contributed by atoms with Gasteiger partial charge in [-0.1, -0.05) is 26.2 Å². The summed E-state index contributed by atoms with van der Waals surface area (Å²) in [7, 11) is 0. The van der Waals surface area contributed by atoms with Gasteiger partial charge in [-0.3, -0.25) is 0 Å². The number of piperidine rings is 1. The van der Waals surface area contributed by atoms with Crippen LogP contribution < -0.4 is 5.32 Å². The Kier molecular flexibility index (Phi) is 4.89. The monoisotopic (exact) mass is 282 g/mol. The third-order valence-corrected chi connectivity index (χ3v) is 5.03. The van der Waals surface area contributed by atoms with Gasteiger partial charge in [0.15, 0.2) is 0 Å². The molecule has 1 spiro atoms. The maximum atomic E-state index is 12.1. The van der Waals surface area contributed by atoms with Crippen LogP contribution in [0.2, 0.25) is 0 Å². The molecule has 1 saturated carbocycles. The van der Waals surface area contributed by atoms with E-state index in [1.54, 1.807) is 11.8 Å². The Hall–Kier alpha value is -1.26. The molecule has 1 heterocycles. The number of rotatable bonds is 3. The molecule has 0 aromatic carbocycles. The van der Waals surface area contributed by atoms with Gasteiger partial charge in [0.2, 0.25) is 0 Å². The maximum Gasteiger partial charge on any atom is 0.326 e. The van der Waals surface area contributed by atoms with Crippen molar-refractivity contribution in [3.05, 3.63) is 0 Å². The molecule has 2 amide bonds. The molecular formula is C15H26N2O3. The van der Waals surface area contributed by atoms with E-state index in [2.05, 4.69) is 5.32 Å². The summed E-state index contributed by atoms with van der Waals surface area (Å²) in [5.74, 6) is -0.957. The Bertz CT molecular complexity index is 354. The molecule has 2 N–H and O–H groups in total. The number of likely N-dealkylation sites (tertiary alicyclic amines) is 1. The van der Waals surface area contributed by atoms with Gasteiger partial charge >= 0.3 is 12.0 Å². The first kappa shape index (κ1) is 15.1. The van der Waals surface area contributed by atoms with Crippen molar-refractivity contribution in [2.75, 3.05) is 13.1 Å². The fourth-order valence-corrected chi connectivity index (χ4v) is 3.56. The molecular weight excluding hydrogens is 256 g/mol. The van der Waals surface area contributed by atoms with Crippen LogP contribution in [0.3, 0.4) is 0 Å². The highest BCUT2D eigenvalue weighted by Gasteiger charge is 2.37. The zero-order chi connectivity index (χ0) is 14.6. The first-order chi connectivity index (χ1) is 9.56. The molecule has 0 aromatic heterocycles. The van der Waals surface area contributed by atoms with Crippen LogP contribution in [0.1, 0.15) is 58.3 Å². The zero-order valence-corrected chi connectivity index (χ0v) is 12.4. The highest BCUT2D eigenvalue weighted by molar-refractivity contribution is 5.82. The number of carboxylic acids is 1. The molecule has 5 heteroatoms. The van der Waals surface area contributed by atoms with Crippen molar-refractivity contribution in [3.63, 3.8) is 0 Å². The van der Waals surface area contributed by atoms with E-state index < -0.39 is 12.0 Å². The summed E-state index contributed by atoms with van der Waals surface area (Å²) < 4.78 is 0. The molecule has 1 aliphatic heterocycles. The normalized spacial score (nSPS) is 23.4. The Labute approximate surface area is 120 Å². The lowest BCUT2D eigenvalue weighted by Crippen LogP contribution is -2.51. The van der Waals surface area contributed by atoms with Crippen molar-refractivity contribution in [2.24, 2.45) is 5.41 Å². The van der Waals surface area contributed by atoms with E-state index in [1.807, 2.05) is 0 Å². The van der Waals surface area contributed by atoms with Crippen LogP contribution in [0.25, 0.3) is 0 Å². The SMILES string of the molecule is CC[C@H](NC(=O)N1CCC2(CCCCC2)CC1)C(=O)O. The lowest BCUT2D eigenvalue weighted by molar-refractivity contribution is -0.139. The summed E-state index contributed by atoms with van der Waals surface area (Å²) in [4.78, 5) is 24.8. The number of urea groups is 1. The van der Waals surface area contributed by atoms with Crippen molar-refractivity contribution in [2.45, 2.75) is 64.3 Å². The van der Waals surface area contributed by atoms with E-state index >= 15 is 0 Å². The number of nitrogens with one attached hydrogen (secondary N) is 1. The molecule has 5 nitrogen and oxygen atoms in total. The summed E-state index contributed by atoms with van der Waals surface area (Å²) in [6.45, 7) is 3.30. The second-order valence-electron chi connectivity index (χ2n) is 6.30. The van der Waals surface area contributed by atoms with Gasteiger partial charge in [-0.05, 0) is 37.5 Å². The Morgan fingerprint density at radius 2 is 1.75 bits per heavy atom. The molecule has 0 bridgehead atoms. The zero-order valence-electron chi connectivity index (χ0n) is 12.4. The topological polar surface area (TPSA) is 69.6 Å². The van der Waals surface area contributed by atoms with Crippen molar-refractivity contribution in [1.29, 1.82) is 0 Å². The minimum Gasteiger partial charge on any atom is -0.480 e. The first-order valence-electron chi connectivity index (χ1n) is 7.84. The van der Waals surface area contributed by atoms with Crippen LogP contribution in [0.4, 0.5) is 4.79 Å². The molecule has 2 rings (SSSR count). The van der Waals surface area contributed by atoms with E-state index in [4.69, 9.17) is 5.11 Å².